The molecule has 3 aromatic rings. The highest BCUT2D eigenvalue weighted by molar-refractivity contribution is 5.78. The van der Waals surface area contributed by atoms with Crippen LogP contribution >= 0.6 is 0 Å². The van der Waals surface area contributed by atoms with Gasteiger partial charge in [-0.05, 0) is 75.0 Å². The fourth-order valence-electron chi connectivity index (χ4n) is 8.60. The molecule has 0 radical (unpaired) electrons. The molecule has 6 heteroatoms. The minimum absolute atomic E-state index is 0.0653. The first-order chi connectivity index (χ1) is 18.1. The van der Waals surface area contributed by atoms with Crippen LogP contribution in [0, 0.1) is 11.8 Å². The third-order valence-electron chi connectivity index (χ3n) is 9.99. The Morgan fingerprint density at radius 1 is 0.757 bits per heavy atom. The van der Waals surface area contributed by atoms with Crippen molar-refractivity contribution in [2.75, 3.05) is 0 Å². The second-order valence-corrected chi connectivity index (χ2v) is 12.3. The molecule has 2 saturated carbocycles. The Morgan fingerprint density at radius 2 is 1.49 bits per heavy atom. The number of pyridine rings is 1. The number of hydrogen-bond acceptors (Lipinski definition) is 4. The van der Waals surface area contributed by atoms with Crippen molar-refractivity contribution >= 4 is 11.0 Å². The molecule has 6 atom stereocenters. The maximum atomic E-state index is 14.0. The lowest BCUT2D eigenvalue weighted by Crippen LogP contribution is -2.58. The van der Waals surface area contributed by atoms with E-state index in [2.05, 4.69) is 9.88 Å². The molecule has 1 aromatic carbocycles. The molecular weight excluding hydrogens is 460 g/mol. The molecule has 0 unspecified atom stereocenters. The van der Waals surface area contributed by atoms with E-state index < -0.39 is 0 Å². The second kappa shape index (κ2) is 9.54. The molecule has 1 N–H and O–H groups in total. The average molecular weight is 499 g/mol. The molecule has 6 nitrogen and oxygen atoms in total. The van der Waals surface area contributed by atoms with Crippen LogP contribution in [0.3, 0.4) is 0 Å². The lowest BCUT2D eigenvalue weighted by atomic mass is 9.73. The van der Waals surface area contributed by atoms with E-state index in [4.69, 9.17) is 4.98 Å². The number of fused-ring (bicyclic) bond motifs is 5. The zero-order valence-corrected chi connectivity index (χ0v) is 21.6. The van der Waals surface area contributed by atoms with E-state index >= 15 is 0 Å². The van der Waals surface area contributed by atoms with Gasteiger partial charge in [0.05, 0.1) is 11.0 Å². The Kier molecular flexibility index (Phi) is 6.03. The van der Waals surface area contributed by atoms with Gasteiger partial charge in [0.1, 0.15) is 5.69 Å². The highest BCUT2D eigenvalue weighted by Gasteiger charge is 2.45. The largest absolute Gasteiger partial charge is 0.329 e. The summed E-state index contributed by atoms with van der Waals surface area (Å²) in [5.74, 6) is 1.85. The molecule has 0 amide bonds. The highest BCUT2D eigenvalue weighted by atomic mass is 16.1. The summed E-state index contributed by atoms with van der Waals surface area (Å²) in [6.45, 7) is 0. The van der Waals surface area contributed by atoms with Gasteiger partial charge >= 0.3 is 0 Å². The topological polar surface area (TPSA) is 71.0 Å². The molecule has 2 saturated heterocycles. The normalized spacial score (nSPS) is 32.2. The summed E-state index contributed by atoms with van der Waals surface area (Å²) >= 11 is 0. The quantitative estimate of drug-likeness (QED) is 0.505. The third kappa shape index (κ3) is 4.27. The van der Waals surface area contributed by atoms with Gasteiger partial charge in [0.2, 0.25) is 5.56 Å². The Hall–Kier alpha value is -2.73. The Bertz CT molecular complexity index is 1380. The number of para-hydroxylation sites is 2. The Morgan fingerprint density at radius 3 is 2.22 bits per heavy atom. The molecule has 4 aliphatic rings. The maximum absolute atomic E-state index is 14.0. The van der Waals surface area contributed by atoms with Crippen LogP contribution in [0.5, 0.6) is 0 Å². The van der Waals surface area contributed by atoms with E-state index in [0.717, 1.165) is 41.8 Å². The second-order valence-electron chi connectivity index (χ2n) is 12.3. The number of aromatic nitrogens is 3. The van der Waals surface area contributed by atoms with Gasteiger partial charge in [-0.1, -0.05) is 44.2 Å². The number of hydrogen-bond donors (Lipinski definition) is 1. The van der Waals surface area contributed by atoms with E-state index in [-0.39, 0.29) is 17.2 Å². The first-order valence-electron chi connectivity index (χ1n) is 14.6. The van der Waals surface area contributed by atoms with Crippen LogP contribution in [0.2, 0.25) is 0 Å². The van der Waals surface area contributed by atoms with E-state index in [0.29, 0.717) is 23.3 Å². The molecule has 2 aromatic heterocycles. The molecular formula is C31H38N4O2. The van der Waals surface area contributed by atoms with Crippen LogP contribution in [-0.4, -0.2) is 37.6 Å². The number of piperidine rings is 2. The lowest BCUT2D eigenvalue weighted by Gasteiger charge is -2.54. The van der Waals surface area contributed by atoms with Crippen molar-refractivity contribution in [3.8, 4) is 11.3 Å². The predicted molar refractivity (Wildman–Crippen MR) is 147 cm³/mol. The van der Waals surface area contributed by atoms with Crippen molar-refractivity contribution in [3.63, 3.8) is 0 Å². The molecule has 4 heterocycles. The van der Waals surface area contributed by atoms with Crippen molar-refractivity contribution < 1.29 is 0 Å². The van der Waals surface area contributed by atoms with Crippen LogP contribution < -0.4 is 11.1 Å². The number of H-pyrrole nitrogens is 1. The average Bonchev–Trinajstić information content (AvgIpc) is 3.07. The fraction of sp³-hybridized carbons (Fsp3) is 0.581. The van der Waals surface area contributed by atoms with Crippen LogP contribution in [0.4, 0.5) is 0 Å². The van der Waals surface area contributed by atoms with Gasteiger partial charge in [-0.25, -0.2) is 4.98 Å². The molecule has 4 fully saturated rings. The fourth-order valence-corrected chi connectivity index (χ4v) is 8.60. The summed E-state index contributed by atoms with van der Waals surface area (Å²) < 4.78 is 2.04. The van der Waals surface area contributed by atoms with Gasteiger partial charge < -0.3 is 9.55 Å². The van der Waals surface area contributed by atoms with Crippen molar-refractivity contribution in [1.29, 1.82) is 0 Å². The summed E-state index contributed by atoms with van der Waals surface area (Å²) in [6.07, 6.45) is 17.4. The molecule has 194 valence electrons. The third-order valence-corrected chi connectivity index (χ3v) is 9.99. The van der Waals surface area contributed by atoms with Crippen LogP contribution in [0.25, 0.3) is 22.3 Å². The van der Waals surface area contributed by atoms with Crippen molar-refractivity contribution in [2.24, 2.45) is 11.8 Å². The summed E-state index contributed by atoms with van der Waals surface area (Å²) in [4.78, 5) is 36.4. The Labute approximate surface area is 218 Å². The molecule has 2 aliphatic heterocycles. The van der Waals surface area contributed by atoms with Gasteiger partial charge in [0.25, 0.3) is 5.56 Å². The number of aromatic amines is 1. The summed E-state index contributed by atoms with van der Waals surface area (Å²) in [5, 5.41) is 0. The van der Waals surface area contributed by atoms with Crippen molar-refractivity contribution in [1.82, 2.24) is 19.4 Å². The summed E-state index contributed by atoms with van der Waals surface area (Å²) in [7, 11) is 0. The van der Waals surface area contributed by atoms with E-state index in [1.54, 1.807) is 12.3 Å². The van der Waals surface area contributed by atoms with Crippen LogP contribution in [0.1, 0.15) is 83.1 Å². The molecule has 4 bridgehead atoms. The van der Waals surface area contributed by atoms with Gasteiger partial charge in [0.15, 0.2) is 0 Å². The first kappa shape index (κ1) is 23.4. The Balaban J connectivity index is 1.26. The smallest absolute Gasteiger partial charge is 0.277 e. The molecule has 7 rings (SSSR count). The van der Waals surface area contributed by atoms with E-state index in [9.17, 15) is 9.59 Å². The zero-order chi connectivity index (χ0) is 24.9. The molecule has 0 spiro atoms. The van der Waals surface area contributed by atoms with E-state index in [1.165, 1.54) is 70.3 Å². The monoisotopic (exact) mass is 498 g/mol. The predicted octanol–water partition coefficient (Wildman–Crippen LogP) is 5.67. The molecule has 2 aliphatic carbocycles. The number of nitrogens with zero attached hydrogens (tertiary/aromatic N) is 3. The van der Waals surface area contributed by atoms with Crippen molar-refractivity contribution in [2.45, 2.75) is 101 Å². The maximum Gasteiger partial charge on any atom is 0.277 e. The van der Waals surface area contributed by atoms with Gasteiger partial charge in [0, 0.05) is 42.0 Å². The van der Waals surface area contributed by atoms with Gasteiger partial charge in [-0.3, -0.25) is 14.5 Å². The standard InChI is InChI=1S/C31H38N4O2/c36-29-17-22(12-13-32-29)30-31(37)35(28-11-4-3-10-27(28)33-30)26-18-23-8-5-9-24(19-26)34(23)25-15-20-6-1-2-7-21(14-20)16-25/h3-4,10-13,17,20-21,23-26H,1-2,5-9,14-16,18-19H2,(H,32,36)/t20-,21+,23-,24+,25-,26+. The first-order valence-corrected chi connectivity index (χ1v) is 14.6. The van der Waals surface area contributed by atoms with Crippen molar-refractivity contribution in [3.05, 3.63) is 63.3 Å². The van der Waals surface area contributed by atoms with Crippen LogP contribution in [0.15, 0.2) is 52.2 Å². The highest BCUT2D eigenvalue weighted by Crippen LogP contribution is 2.47. The SMILES string of the molecule is O=c1cc(-c2nc3ccccc3n([C@H]3C[C@H]4CCC[C@@H](C3)N4[C@@H]3C[C@@H]4CCCC[C@@H](C4)C3)c2=O)cc[nH]1. The number of nitrogens with one attached hydrogen (secondary N) is 1. The minimum Gasteiger partial charge on any atom is -0.329 e. The summed E-state index contributed by atoms with van der Waals surface area (Å²) in [6, 6.07) is 13.3. The zero-order valence-electron chi connectivity index (χ0n) is 21.6. The number of benzene rings is 1. The van der Waals surface area contributed by atoms with Gasteiger partial charge in [-0.2, -0.15) is 0 Å². The minimum atomic E-state index is -0.214. The van der Waals surface area contributed by atoms with Gasteiger partial charge in [-0.15, -0.1) is 0 Å². The lowest BCUT2D eigenvalue weighted by molar-refractivity contribution is -0.0420. The van der Waals surface area contributed by atoms with E-state index in [1.807, 2.05) is 28.8 Å². The number of rotatable bonds is 3. The van der Waals surface area contributed by atoms with Crippen LogP contribution in [-0.2, 0) is 0 Å². The summed E-state index contributed by atoms with van der Waals surface area (Å²) in [5.41, 5.74) is 2.44. The molecule has 37 heavy (non-hydrogen) atoms.